The number of nitrogens with one attached hydrogen (secondary N) is 3. The molecular formula is C21H19N5O. The average Bonchev–Trinajstić information content (AvgIpc) is 3.11. The van der Waals surface area contributed by atoms with E-state index in [-0.39, 0.29) is 5.91 Å². The van der Waals surface area contributed by atoms with Crippen LogP contribution < -0.4 is 10.6 Å². The van der Waals surface area contributed by atoms with Crippen LogP contribution in [-0.2, 0) is 17.8 Å². The Bertz CT molecular complexity index is 1040. The second-order valence-electron chi connectivity index (χ2n) is 6.19. The molecule has 0 aliphatic carbocycles. The molecule has 4 aromatic rings. The maximum absolute atomic E-state index is 12.3. The number of pyridine rings is 2. The molecular weight excluding hydrogens is 338 g/mol. The fraction of sp³-hybridized carbons (Fsp3) is 0.0952. The van der Waals surface area contributed by atoms with Gasteiger partial charge in [0.1, 0.15) is 5.82 Å². The van der Waals surface area contributed by atoms with Gasteiger partial charge in [-0.15, -0.1) is 0 Å². The fourth-order valence-electron chi connectivity index (χ4n) is 2.91. The predicted octanol–water partition coefficient (Wildman–Crippen LogP) is 3.75. The molecule has 0 unspecified atom stereocenters. The van der Waals surface area contributed by atoms with Gasteiger partial charge in [0.2, 0.25) is 5.91 Å². The lowest BCUT2D eigenvalue weighted by atomic mass is 10.1. The highest BCUT2D eigenvalue weighted by molar-refractivity contribution is 5.95. The third-order valence-corrected chi connectivity index (χ3v) is 4.25. The molecule has 3 N–H and O–H groups in total. The van der Waals surface area contributed by atoms with Gasteiger partial charge in [0.05, 0.1) is 30.5 Å². The van der Waals surface area contributed by atoms with Gasteiger partial charge in [0.25, 0.3) is 0 Å². The summed E-state index contributed by atoms with van der Waals surface area (Å²) in [5.41, 5.74) is 3.62. The second-order valence-corrected chi connectivity index (χ2v) is 6.19. The quantitative estimate of drug-likeness (QED) is 0.491. The normalized spacial score (nSPS) is 10.7. The van der Waals surface area contributed by atoms with Gasteiger partial charge in [-0.3, -0.25) is 9.78 Å². The number of para-hydroxylation sites is 1. The summed E-state index contributed by atoms with van der Waals surface area (Å²) in [6, 6.07) is 17.4. The molecule has 0 saturated carbocycles. The Morgan fingerprint density at radius 2 is 1.89 bits per heavy atom. The van der Waals surface area contributed by atoms with Crippen LogP contribution in [0.1, 0.15) is 11.3 Å². The molecule has 1 amide bonds. The molecule has 134 valence electrons. The molecule has 0 atom stereocenters. The summed E-state index contributed by atoms with van der Waals surface area (Å²) in [4.78, 5) is 24.1. The Balaban J connectivity index is 1.34. The average molecular weight is 357 g/mol. The van der Waals surface area contributed by atoms with Gasteiger partial charge in [0, 0.05) is 23.3 Å². The van der Waals surface area contributed by atoms with Gasteiger partial charge in [-0.25, -0.2) is 4.98 Å². The van der Waals surface area contributed by atoms with Crippen molar-refractivity contribution < 1.29 is 4.79 Å². The van der Waals surface area contributed by atoms with Crippen molar-refractivity contribution in [2.75, 3.05) is 10.6 Å². The van der Waals surface area contributed by atoms with Crippen LogP contribution in [-0.4, -0.2) is 20.9 Å². The van der Waals surface area contributed by atoms with Crippen molar-refractivity contribution in [1.82, 2.24) is 15.0 Å². The first kappa shape index (κ1) is 16.8. The number of aromatic amines is 1. The lowest BCUT2D eigenvalue weighted by Crippen LogP contribution is -2.14. The van der Waals surface area contributed by atoms with E-state index < -0.39 is 0 Å². The number of carbonyl (C=O) groups excluding carboxylic acids is 1. The van der Waals surface area contributed by atoms with Crippen LogP contribution >= 0.6 is 0 Å². The topological polar surface area (TPSA) is 82.7 Å². The number of fused-ring (bicyclic) bond motifs is 1. The van der Waals surface area contributed by atoms with Gasteiger partial charge < -0.3 is 15.6 Å². The highest BCUT2D eigenvalue weighted by atomic mass is 16.1. The minimum atomic E-state index is -0.0734. The van der Waals surface area contributed by atoms with Gasteiger partial charge in [0.15, 0.2) is 0 Å². The summed E-state index contributed by atoms with van der Waals surface area (Å²) < 4.78 is 0. The van der Waals surface area contributed by atoms with Crippen LogP contribution in [0.2, 0.25) is 0 Å². The van der Waals surface area contributed by atoms with Gasteiger partial charge >= 0.3 is 0 Å². The Hall–Kier alpha value is -3.67. The zero-order valence-corrected chi connectivity index (χ0v) is 14.6. The fourth-order valence-corrected chi connectivity index (χ4v) is 2.91. The highest BCUT2D eigenvalue weighted by Crippen LogP contribution is 2.19. The van der Waals surface area contributed by atoms with Gasteiger partial charge in [-0.05, 0) is 35.9 Å². The maximum atomic E-state index is 12.3. The zero-order valence-electron chi connectivity index (χ0n) is 14.6. The molecule has 1 aromatic carbocycles. The van der Waals surface area contributed by atoms with E-state index in [1.807, 2.05) is 60.8 Å². The number of hydrogen-bond donors (Lipinski definition) is 3. The lowest BCUT2D eigenvalue weighted by Gasteiger charge is -2.07. The molecule has 0 bridgehead atoms. The van der Waals surface area contributed by atoms with Crippen LogP contribution in [0, 0.1) is 0 Å². The Labute approximate surface area is 156 Å². The van der Waals surface area contributed by atoms with Crippen molar-refractivity contribution in [3.63, 3.8) is 0 Å². The molecule has 0 fully saturated rings. The highest BCUT2D eigenvalue weighted by Gasteiger charge is 2.09. The number of nitrogens with zero attached hydrogens (tertiary/aromatic N) is 2. The summed E-state index contributed by atoms with van der Waals surface area (Å²) in [6.07, 6.45) is 5.60. The van der Waals surface area contributed by atoms with E-state index in [9.17, 15) is 4.79 Å². The first-order valence-electron chi connectivity index (χ1n) is 8.72. The van der Waals surface area contributed by atoms with Crippen molar-refractivity contribution in [1.29, 1.82) is 0 Å². The smallest absolute Gasteiger partial charge is 0.228 e. The van der Waals surface area contributed by atoms with Crippen LogP contribution in [0.3, 0.4) is 0 Å². The largest absolute Gasteiger partial charge is 0.364 e. The van der Waals surface area contributed by atoms with Crippen LogP contribution in [0.5, 0.6) is 0 Å². The number of anilines is 2. The number of H-pyrrole nitrogens is 1. The molecule has 0 radical (unpaired) electrons. The number of benzene rings is 1. The number of hydrogen-bond acceptors (Lipinski definition) is 4. The first-order valence-corrected chi connectivity index (χ1v) is 8.72. The van der Waals surface area contributed by atoms with Crippen molar-refractivity contribution in [2.45, 2.75) is 13.0 Å². The monoisotopic (exact) mass is 357 g/mol. The van der Waals surface area contributed by atoms with Crippen LogP contribution in [0.25, 0.3) is 10.9 Å². The number of aromatic nitrogens is 3. The first-order chi connectivity index (χ1) is 13.3. The molecule has 0 aliphatic rings. The molecule has 6 heteroatoms. The standard InChI is InChI=1S/C21H19N5O/c27-21(11-15-12-23-19-7-2-1-6-18(15)19)26-17-8-9-20(25-14-17)24-13-16-5-3-4-10-22-16/h1-10,12,14,23H,11,13H2,(H,24,25)(H,26,27). The molecule has 0 spiro atoms. The van der Waals surface area contributed by atoms with Crippen molar-refractivity contribution in [2.24, 2.45) is 0 Å². The zero-order chi connectivity index (χ0) is 18.5. The summed E-state index contributed by atoms with van der Waals surface area (Å²) in [7, 11) is 0. The predicted molar refractivity (Wildman–Crippen MR) is 106 cm³/mol. The third-order valence-electron chi connectivity index (χ3n) is 4.25. The van der Waals surface area contributed by atoms with Gasteiger partial charge in [-0.2, -0.15) is 0 Å². The van der Waals surface area contributed by atoms with Crippen molar-refractivity contribution >= 4 is 28.3 Å². The molecule has 27 heavy (non-hydrogen) atoms. The Morgan fingerprint density at radius 3 is 2.70 bits per heavy atom. The Kier molecular flexibility index (Phi) is 4.78. The third kappa shape index (κ3) is 4.12. The van der Waals surface area contributed by atoms with E-state index in [1.165, 1.54) is 0 Å². The summed E-state index contributed by atoms with van der Waals surface area (Å²) >= 11 is 0. The van der Waals surface area contributed by atoms with Crippen LogP contribution in [0.4, 0.5) is 11.5 Å². The summed E-state index contributed by atoms with van der Waals surface area (Å²) in [5, 5.41) is 7.17. The Morgan fingerprint density at radius 1 is 1.00 bits per heavy atom. The summed E-state index contributed by atoms with van der Waals surface area (Å²) in [5.74, 6) is 0.658. The minimum Gasteiger partial charge on any atom is -0.364 e. The lowest BCUT2D eigenvalue weighted by molar-refractivity contribution is -0.115. The molecule has 4 rings (SSSR count). The van der Waals surface area contributed by atoms with E-state index in [1.54, 1.807) is 12.4 Å². The minimum absolute atomic E-state index is 0.0734. The van der Waals surface area contributed by atoms with E-state index in [2.05, 4.69) is 25.6 Å². The van der Waals surface area contributed by atoms with Crippen molar-refractivity contribution in [3.8, 4) is 0 Å². The molecule has 0 aliphatic heterocycles. The second kappa shape index (κ2) is 7.70. The number of carbonyl (C=O) groups is 1. The number of rotatable bonds is 6. The van der Waals surface area contributed by atoms with E-state index >= 15 is 0 Å². The van der Waals surface area contributed by atoms with Gasteiger partial charge in [-0.1, -0.05) is 24.3 Å². The van der Waals surface area contributed by atoms with E-state index in [0.29, 0.717) is 18.7 Å². The SMILES string of the molecule is O=C(Cc1c[nH]c2ccccc12)Nc1ccc(NCc2ccccn2)nc1. The molecule has 3 aromatic heterocycles. The van der Waals surface area contributed by atoms with Crippen LogP contribution in [0.15, 0.2) is 73.2 Å². The number of amides is 1. The molecule has 3 heterocycles. The summed E-state index contributed by atoms with van der Waals surface area (Å²) in [6.45, 7) is 0.597. The maximum Gasteiger partial charge on any atom is 0.228 e. The van der Waals surface area contributed by atoms with E-state index in [0.717, 1.165) is 28.0 Å². The van der Waals surface area contributed by atoms with E-state index in [4.69, 9.17) is 0 Å². The van der Waals surface area contributed by atoms with Crippen molar-refractivity contribution in [3.05, 3.63) is 84.4 Å². The molecule has 0 saturated heterocycles. The molecule has 6 nitrogen and oxygen atoms in total.